The van der Waals surface area contributed by atoms with Crippen LogP contribution in [0.5, 0.6) is 5.75 Å². The van der Waals surface area contributed by atoms with E-state index in [-0.39, 0.29) is 0 Å². The van der Waals surface area contributed by atoms with Gasteiger partial charge in [-0.05, 0) is 73.7 Å². The molecular weight excluding hydrogens is 500 g/mol. The number of pyridine rings is 1. The molecule has 3 aromatic rings. The number of hydrogen-bond donors (Lipinski definition) is 2. The third kappa shape index (κ3) is 5.24. The molecule has 1 aromatic heterocycles. The summed E-state index contributed by atoms with van der Waals surface area (Å²) in [7, 11) is 1.66. The number of rotatable bonds is 6. The average Bonchev–Trinajstić information content (AvgIpc) is 3.06. The van der Waals surface area contributed by atoms with Gasteiger partial charge in [0.15, 0.2) is 0 Å². The lowest BCUT2D eigenvalue weighted by atomic mass is 9.81. The van der Waals surface area contributed by atoms with Crippen molar-refractivity contribution in [2.24, 2.45) is 0 Å². The van der Waals surface area contributed by atoms with Gasteiger partial charge < -0.3 is 24.6 Å². The highest BCUT2D eigenvalue weighted by atomic mass is 35.5. The Kier molecular flexibility index (Phi) is 7.63. The highest BCUT2D eigenvalue weighted by Gasteiger charge is 2.44. The summed E-state index contributed by atoms with van der Waals surface area (Å²) in [6.45, 7) is 6.08. The molecule has 0 bridgehead atoms. The first-order chi connectivity index (χ1) is 18.2. The Bertz CT molecular complexity index is 1320. The van der Waals surface area contributed by atoms with Crippen LogP contribution in [0.1, 0.15) is 54.6 Å². The number of aromatic nitrogens is 1. The monoisotopic (exact) mass is 534 g/mol. The van der Waals surface area contributed by atoms with E-state index in [2.05, 4.69) is 22.0 Å². The van der Waals surface area contributed by atoms with E-state index in [4.69, 9.17) is 21.1 Å². The number of β-amino-alcohol motifs (C(OH)–C–C–N with tert-alkyl or cyclic N) is 1. The van der Waals surface area contributed by atoms with Gasteiger partial charge in [-0.1, -0.05) is 41.9 Å². The number of ether oxygens (including phenoxy) is 2. The first kappa shape index (κ1) is 26.9. The van der Waals surface area contributed by atoms with Gasteiger partial charge in [-0.3, -0.25) is 4.98 Å². The van der Waals surface area contributed by atoms with Crippen LogP contribution in [0.2, 0.25) is 5.02 Å². The van der Waals surface area contributed by atoms with Gasteiger partial charge >= 0.3 is 0 Å². The summed E-state index contributed by atoms with van der Waals surface area (Å²) in [5.41, 5.74) is 4.00. The summed E-state index contributed by atoms with van der Waals surface area (Å²) in [6, 6.07) is 17.4. The van der Waals surface area contributed by atoms with E-state index >= 15 is 0 Å². The minimum absolute atomic E-state index is 0.393. The van der Waals surface area contributed by atoms with Crippen molar-refractivity contribution in [1.82, 2.24) is 9.88 Å². The number of methoxy groups -OCH3 is 1. The molecular formula is C31H35ClN2O4. The average molecular weight is 535 g/mol. The second kappa shape index (κ2) is 10.8. The lowest BCUT2D eigenvalue weighted by Crippen LogP contribution is -2.54. The van der Waals surface area contributed by atoms with Crippen LogP contribution in [0, 0.1) is 0 Å². The topological polar surface area (TPSA) is 75.1 Å². The van der Waals surface area contributed by atoms with Crippen LogP contribution < -0.4 is 4.74 Å². The van der Waals surface area contributed by atoms with E-state index in [0.29, 0.717) is 24.6 Å². The molecule has 1 fully saturated rings. The summed E-state index contributed by atoms with van der Waals surface area (Å²) in [4.78, 5) is 6.85. The zero-order valence-electron chi connectivity index (χ0n) is 22.2. The van der Waals surface area contributed by atoms with E-state index in [0.717, 1.165) is 58.8 Å². The zero-order valence-corrected chi connectivity index (χ0v) is 22.9. The number of hydrogen-bond acceptors (Lipinski definition) is 6. The van der Waals surface area contributed by atoms with Crippen molar-refractivity contribution in [2.45, 2.75) is 50.6 Å². The van der Waals surface area contributed by atoms with Gasteiger partial charge in [0.05, 0.1) is 17.4 Å². The molecule has 0 radical (unpaired) electrons. The largest absolute Gasteiger partial charge is 0.487 e. The Hall–Kier alpha value is -2.74. The van der Waals surface area contributed by atoms with Crippen molar-refractivity contribution in [3.05, 3.63) is 99.8 Å². The third-order valence-corrected chi connectivity index (χ3v) is 8.03. The van der Waals surface area contributed by atoms with Crippen molar-refractivity contribution in [2.75, 3.05) is 26.7 Å². The van der Waals surface area contributed by atoms with Gasteiger partial charge in [-0.2, -0.15) is 0 Å². The number of halogens is 1. The molecule has 2 N–H and O–H groups in total. The first-order valence-electron chi connectivity index (χ1n) is 13.1. The maximum Gasteiger partial charge on any atom is 0.131 e. The Morgan fingerprint density at radius 1 is 1.18 bits per heavy atom. The molecule has 3 heterocycles. The number of aliphatic hydroxyl groups excluding tert-OH is 1. The predicted molar refractivity (Wildman–Crippen MR) is 149 cm³/mol. The van der Waals surface area contributed by atoms with Gasteiger partial charge in [0.25, 0.3) is 0 Å². The smallest absolute Gasteiger partial charge is 0.131 e. The lowest BCUT2D eigenvalue weighted by Gasteiger charge is -2.45. The molecule has 7 heteroatoms. The lowest BCUT2D eigenvalue weighted by molar-refractivity contribution is -0.146. The second-order valence-corrected chi connectivity index (χ2v) is 11.1. The highest BCUT2D eigenvalue weighted by molar-refractivity contribution is 6.30. The number of likely N-dealkylation sites (tertiary alicyclic amines) is 1. The van der Waals surface area contributed by atoms with Crippen molar-refractivity contribution in [3.63, 3.8) is 0 Å². The summed E-state index contributed by atoms with van der Waals surface area (Å²) in [6.07, 6.45) is 4.81. The maximum atomic E-state index is 11.2. The minimum Gasteiger partial charge on any atom is -0.487 e. The fraction of sp³-hybridized carbons (Fsp3) is 0.387. The van der Waals surface area contributed by atoms with Gasteiger partial charge in [0.2, 0.25) is 0 Å². The molecule has 38 heavy (non-hydrogen) atoms. The molecule has 2 aliphatic heterocycles. The van der Waals surface area contributed by atoms with E-state index in [1.165, 1.54) is 0 Å². The molecule has 2 atom stereocenters. The fourth-order valence-electron chi connectivity index (χ4n) is 5.55. The summed E-state index contributed by atoms with van der Waals surface area (Å²) < 4.78 is 12.0. The SMILES string of the molecule is COC1(c2ccc(Cl)cc2)CCN(CC/C=C2/c3cc(C(C)(C)O)ccc3OCc3ncccc32)CC1O. The van der Waals surface area contributed by atoms with Crippen molar-refractivity contribution in [3.8, 4) is 5.75 Å². The second-order valence-electron chi connectivity index (χ2n) is 10.6. The quantitative estimate of drug-likeness (QED) is 0.448. The Labute approximate surface area is 229 Å². The van der Waals surface area contributed by atoms with Crippen molar-refractivity contribution >= 4 is 17.2 Å². The van der Waals surface area contributed by atoms with Gasteiger partial charge in [0, 0.05) is 49.1 Å². The summed E-state index contributed by atoms with van der Waals surface area (Å²) in [5.74, 6) is 0.781. The number of aliphatic hydroxyl groups is 2. The normalized spacial score (nSPS) is 22.9. The predicted octanol–water partition coefficient (Wildman–Crippen LogP) is 5.29. The van der Waals surface area contributed by atoms with Crippen LogP contribution in [0.25, 0.3) is 5.57 Å². The van der Waals surface area contributed by atoms with Crippen LogP contribution in [-0.4, -0.2) is 52.9 Å². The first-order valence-corrected chi connectivity index (χ1v) is 13.5. The summed E-state index contributed by atoms with van der Waals surface area (Å²) >= 11 is 6.08. The number of benzene rings is 2. The molecule has 0 spiro atoms. The highest BCUT2D eigenvalue weighted by Crippen LogP contribution is 2.40. The van der Waals surface area contributed by atoms with Crippen LogP contribution in [0.15, 0.2) is 66.9 Å². The molecule has 0 saturated carbocycles. The molecule has 6 nitrogen and oxygen atoms in total. The maximum absolute atomic E-state index is 11.2. The number of fused-ring (bicyclic) bond motifs is 2. The fourth-order valence-corrected chi connectivity index (χ4v) is 5.68. The molecule has 200 valence electrons. The van der Waals surface area contributed by atoms with Gasteiger partial charge in [-0.25, -0.2) is 0 Å². The van der Waals surface area contributed by atoms with E-state index in [9.17, 15) is 10.2 Å². The molecule has 0 aliphatic carbocycles. The van der Waals surface area contributed by atoms with E-state index in [1.54, 1.807) is 27.2 Å². The Morgan fingerprint density at radius 3 is 2.68 bits per heavy atom. The van der Waals surface area contributed by atoms with Crippen molar-refractivity contribution in [1.29, 1.82) is 0 Å². The third-order valence-electron chi connectivity index (χ3n) is 7.78. The molecule has 5 rings (SSSR count). The van der Waals surface area contributed by atoms with Crippen LogP contribution in [-0.2, 0) is 22.5 Å². The Morgan fingerprint density at radius 2 is 1.97 bits per heavy atom. The molecule has 1 saturated heterocycles. The van der Waals surface area contributed by atoms with E-state index < -0.39 is 17.3 Å². The Balaban J connectivity index is 1.37. The van der Waals surface area contributed by atoms with Gasteiger partial charge in [-0.15, -0.1) is 0 Å². The van der Waals surface area contributed by atoms with Crippen LogP contribution in [0.3, 0.4) is 0 Å². The van der Waals surface area contributed by atoms with Crippen LogP contribution >= 0.6 is 11.6 Å². The summed E-state index contributed by atoms with van der Waals surface area (Å²) in [5, 5.41) is 22.5. The zero-order chi connectivity index (χ0) is 26.9. The molecule has 0 amide bonds. The van der Waals surface area contributed by atoms with E-state index in [1.807, 2.05) is 48.5 Å². The van der Waals surface area contributed by atoms with Crippen LogP contribution in [0.4, 0.5) is 0 Å². The minimum atomic E-state index is -0.966. The van der Waals surface area contributed by atoms with Gasteiger partial charge in [0.1, 0.15) is 18.0 Å². The molecule has 2 aromatic carbocycles. The molecule has 2 unspecified atom stereocenters. The number of nitrogens with zero attached hydrogens (tertiary/aromatic N) is 2. The molecule has 2 aliphatic rings. The van der Waals surface area contributed by atoms with Crippen molar-refractivity contribution < 1.29 is 19.7 Å². The number of piperidine rings is 1. The standard InChI is InChI=1S/C31H35ClN2O4/c1-30(2,36)22-10-13-28-26(18-22)24(25-6-4-15-33-27(25)20-38-28)7-5-16-34-17-14-31(37-3,29(35)19-34)21-8-11-23(32)12-9-21/h4,6-13,15,18,29,35-36H,5,14,16-17,19-20H2,1-3H3/b24-7+.